The fourth-order valence-corrected chi connectivity index (χ4v) is 2.30. The van der Waals surface area contributed by atoms with Gasteiger partial charge in [-0.05, 0) is 24.1 Å². The Bertz CT molecular complexity index is 524. The molecule has 4 nitrogen and oxygen atoms in total. The first-order valence-corrected chi connectivity index (χ1v) is 7.35. The molecule has 0 radical (unpaired) electrons. The zero-order valence-corrected chi connectivity index (χ0v) is 12.7. The minimum atomic E-state index is 0.338. The highest BCUT2D eigenvalue weighted by atomic mass is 35.5. The van der Waals surface area contributed by atoms with Crippen LogP contribution in [0.3, 0.4) is 0 Å². The lowest BCUT2D eigenvalue weighted by Crippen LogP contribution is -2.24. The molecule has 0 spiro atoms. The summed E-state index contributed by atoms with van der Waals surface area (Å²) in [6.45, 7) is 4.82. The van der Waals surface area contributed by atoms with Crippen molar-refractivity contribution in [1.82, 2.24) is 15.5 Å². The molecule has 1 N–H and O–H groups in total. The van der Waals surface area contributed by atoms with Gasteiger partial charge >= 0.3 is 0 Å². The largest absolute Gasteiger partial charge is 0.340 e. The molecule has 0 aliphatic heterocycles. The van der Waals surface area contributed by atoms with Crippen molar-refractivity contribution < 1.29 is 4.52 Å². The van der Waals surface area contributed by atoms with Gasteiger partial charge in [-0.15, -0.1) is 0 Å². The fraction of sp³-hybridized carbons (Fsp3) is 0.467. The monoisotopic (exact) mass is 293 g/mol. The Morgan fingerprint density at radius 2 is 2.05 bits per heavy atom. The summed E-state index contributed by atoms with van der Waals surface area (Å²) < 4.78 is 4.96. The van der Waals surface area contributed by atoms with Crippen LogP contribution in [-0.4, -0.2) is 16.7 Å². The van der Waals surface area contributed by atoms with E-state index < -0.39 is 0 Å². The van der Waals surface area contributed by atoms with E-state index in [2.05, 4.69) is 34.5 Å². The van der Waals surface area contributed by atoms with Crippen LogP contribution >= 0.6 is 11.6 Å². The molecule has 1 heterocycles. The van der Waals surface area contributed by atoms with E-state index in [1.807, 2.05) is 12.1 Å². The number of halogens is 1. The normalized spacial score (nSPS) is 12.6. The van der Waals surface area contributed by atoms with Crippen LogP contribution in [0.2, 0.25) is 5.02 Å². The molecule has 0 amide bonds. The van der Waals surface area contributed by atoms with Crippen molar-refractivity contribution in [3.63, 3.8) is 0 Å². The number of nitrogens with one attached hydrogen (secondary N) is 1. The van der Waals surface area contributed by atoms with Crippen LogP contribution in [-0.2, 0) is 6.42 Å². The lowest BCUT2D eigenvalue weighted by molar-refractivity contribution is 0.386. The van der Waals surface area contributed by atoms with E-state index in [0.29, 0.717) is 11.9 Å². The molecule has 0 bridgehead atoms. The Kier molecular flexibility index (Phi) is 5.56. The third-order valence-corrected chi connectivity index (χ3v) is 3.41. The number of benzene rings is 1. The van der Waals surface area contributed by atoms with Crippen molar-refractivity contribution in [3.8, 4) is 0 Å². The maximum Gasteiger partial charge on any atom is 0.223 e. The number of hydrogen-bond donors (Lipinski definition) is 1. The summed E-state index contributed by atoms with van der Waals surface area (Å²) in [4.78, 5) is 4.20. The fourth-order valence-electron chi connectivity index (χ4n) is 2.17. The van der Waals surface area contributed by atoms with E-state index >= 15 is 0 Å². The van der Waals surface area contributed by atoms with Crippen LogP contribution in [0.4, 0.5) is 0 Å². The van der Waals surface area contributed by atoms with Gasteiger partial charge in [-0.2, -0.15) is 4.98 Å². The van der Waals surface area contributed by atoms with E-state index in [1.165, 1.54) is 5.56 Å². The Balaban J connectivity index is 1.90. The smallest absolute Gasteiger partial charge is 0.223 e. The maximum atomic E-state index is 5.93. The zero-order valence-electron chi connectivity index (χ0n) is 11.9. The first kappa shape index (κ1) is 15.0. The molecule has 0 saturated carbocycles. The van der Waals surface area contributed by atoms with Crippen molar-refractivity contribution in [2.45, 2.75) is 39.2 Å². The van der Waals surface area contributed by atoms with Crippen LogP contribution in [0, 0.1) is 6.92 Å². The topological polar surface area (TPSA) is 51.0 Å². The van der Waals surface area contributed by atoms with Crippen LogP contribution in [0.1, 0.15) is 43.1 Å². The molecule has 1 aromatic carbocycles. The Labute approximate surface area is 124 Å². The summed E-state index contributed by atoms with van der Waals surface area (Å²) in [5.41, 5.74) is 1.26. The van der Waals surface area contributed by atoms with Crippen LogP contribution in [0.25, 0.3) is 0 Å². The summed E-state index contributed by atoms with van der Waals surface area (Å²) in [5.74, 6) is 1.36. The SMILES string of the molecule is CCCC(NCCc1noc(C)n1)c1ccc(Cl)cc1. The minimum absolute atomic E-state index is 0.338. The van der Waals surface area contributed by atoms with Crippen molar-refractivity contribution >= 4 is 11.6 Å². The maximum absolute atomic E-state index is 5.93. The van der Waals surface area contributed by atoms with Crippen molar-refractivity contribution in [3.05, 3.63) is 46.6 Å². The molecule has 0 aliphatic rings. The summed E-state index contributed by atoms with van der Waals surface area (Å²) >= 11 is 5.93. The van der Waals surface area contributed by atoms with Gasteiger partial charge in [0.05, 0.1) is 0 Å². The highest BCUT2D eigenvalue weighted by Crippen LogP contribution is 2.20. The van der Waals surface area contributed by atoms with Gasteiger partial charge in [0.25, 0.3) is 0 Å². The predicted octanol–water partition coefficient (Wildman–Crippen LogP) is 3.70. The van der Waals surface area contributed by atoms with E-state index in [-0.39, 0.29) is 0 Å². The molecule has 0 aliphatic carbocycles. The minimum Gasteiger partial charge on any atom is -0.340 e. The molecule has 20 heavy (non-hydrogen) atoms. The molecule has 2 aromatic rings. The molecule has 1 aromatic heterocycles. The second kappa shape index (κ2) is 7.41. The average Bonchev–Trinajstić information content (AvgIpc) is 2.84. The lowest BCUT2D eigenvalue weighted by atomic mass is 10.0. The van der Waals surface area contributed by atoms with Gasteiger partial charge in [0.2, 0.25) is 5.89 Å². The van der Waals surface area contributed by atoms with Crippen LogP contribution in [0.5, 0.6) is 0 Å². The predicted molar refractivity (Wildman–Crippen MR) is 79.8 cm³/mol. The van der Waals surface area contributed by atoms with Gasteiger partial charge in [0, 0.05) is 31.0 Å². The first-order chi connectivity index (χ1) is 9.69. The molecule has 0 saturated heterocycles. The van der Waals surface area contributed by atoms with Crippen LogP contribution in [0.15, 0.2) is 28.8 Å². The van der Waals surface area contributed by atoms with Gasteiger partial charge < -0.3 is 9.84 Å². The third-order valence-electron chi connectivity index (χ3n) is 3.16. The summed E-state index contributed by atoms with van der Waals surface area (Å²) in [7, 11) is 0. The molecular weight excluding hydrogens is 274 g/mol. The van der Waals surface area contributed by atoms with Gasteiger partial charge in [0.1, 0.15) is 0 Å². The number of rotatable bonds is 7. The Morgan fingerprint density at radius 3 is 2.65 bits per heavy atom. The zero-order chi connectivity index (χ0) is 14.4. The van der Waals surface area contributed by atoms with Crippen LogP contribution < -0.4 is 5.32 Å². The second-order valence-electron chi connectivity index (χ2n) is 4.83. The molecule has 1 unspecified atom stereocenters. The van der Waals surface area contributed by atoms with Gasteiger partial charge in [0.15, 0.2) is 5.82 Å². The number of aryl methyl sites for hydroxylation is 1. The van der Waals surface area contributed by atoms with E-state index in [9.17, 15) is 0 Å². The molecule has 5 heteroatoms. The molecular formula is C15H20ClN3O. The van der Waals surface area contributed by atoms with E-state index in [1.54, 1.807) is 6.92 Å². The van der Waals surface area contributed by atoms with Crippen molar-refractivity contribution in [2.24, 2.45) is 0 Å². The quantitative estimate of drug-likeness (QED) is 0.845. The second-order valence-corrected chi connectivity index (χ2v) is 5.26. The molecule has 108 valence electrons. The summed E-state index contributed by atoms with van der Waals surface area (Å²) in [6.07, 6.45) is 2.99. The standard InChI is InChI=1S/C15H20ClN3O/c1-3-4-14(12-5-7-13(16)8-6-12)17-10-9-15-18-11(2)20-19-15/h5-8,14,17H,3-4,9-10H2,1-2H3. The highest BCUT2D eigenvalue weighted by molar-refractivity contribution is 6.30. The highest BCUT2D eigenvalue weighted by Gasteiger charge is 2.10. The Hall–Kier alpha value is -1.39. The third kappa shape index (κ3) is 4.32. The van der Waals surface area contributed by atoms with Gasteiger partial charge in [-0.1, -0.05) is 42.2 Å². The number of nitrogens with zero attached hydrogens (tertiary/aromatic N) is 2. The van der Waals surface area contributed by atoms with E-state index in [0.717, 1.165) is 36.7 Å². The molecule has 1 atom stereocenters. The summed E-state index contributed by atoms with van der Waals surface area (Å²) in [5, 5.41) is 8.22. The molecule has 2 rings (SSSR count). The van der Waals surface area contributed by atoms with Crippen molar-refractivity contribution in [1.29, 1.82) is 0 Å². The van der Waals surface area contributed by atoms with E-state index in [4.69, 9.17) is 16.1 Å². The number of aromatic nitrogens is 2. The van der Waals surface area contributed by atoms with Gasteiger partial charge in [-0.3, -0.25) is 0 Å². The molecule has 0 fully saturated rings. The van der Waals surface area contributed by atoms with Crippen molar-refractivity contribution in [2.75, 3.05) is 6.54 Å². The lowest BCUT2D eigenvalue weighted by Gasteiger charge is -2.18. The average molecular weight is 294 g/mol. The first-order valence-electron chi connectivity index (χ1n) is 6.97. The Morgan fingerprint density at radius 1 is 1.30 bits per heavy atom. The summed E-state index contributed by atoms with van der Waals surface area (Å²) in [6, 6.07) is 8.36. The number of hydrogen-bond acceptors (Lipinski definition) is 4. The van der Waals surface area contributed by atoms with Gasteiger partial charge in [-0.25, -0.2) is 0 Å².